The van der Waals surface area contributed by atoms with Crippen molar-refractivity contribution in [1.82, 2.24) is 14.5 Å². The molecule has 5 aromatic rings. The van der Waals surface area contributed by atoms with Crippen molar-refractivity contribution >= 4 is 50.5 Å². The van der Waals surface area contributed by atoms with Gasteiger partial charge in [-0.25, -0.2) is 13.2 Å². The van der Waals surface area contributed by atoms with Gasteiger partial charge in [0.15, 0.2) is 5.43 Å². The van der Waals surface area contributed by atoms with E-state index >= 15 is 8.42 Å². The number of benzene rings is 6. The molecule has 0 bridgehead atoms. The Morgan fingerprint density at radius 3 is 2.09 bits per heavy atom. The van der Waals surface area contributed by atoms with Crippen LogP contribution in [0, 0.1) is 0 Å². The maximum atomic E-state index is 15.0. The standard InChI is InChI=1S/C62H65N3O10S2/c1-4-6-8-16-24-44-33-49-53(35-51(44)66)75-54-36-52(74-38-43-22-14-11-15-23-43)45(25-17-9-7-5-2)34-50(54)57(49)48-26-18-19-27-55(48)77(71,72)64(3)37-42-28-30-47(31-29-42)73-39-46-40-76-61-58(60(68)65(61)59(46)62(69)70)63-56(67)32-41-20-12-10-13-21-41/h10-15,18-23,26-31,33-36,58,61H,4-9,16-17,24-25,32,37-40H2,1-3H3,(H,63,67)(H,69,70)/t58-,61-/m1/s1. The molecule has 1 aliphatic carbocycles. The lowest BCUT2D eigenvalue weighted by atomic mass is 9.90. The summed E-state index contributed by atoms with van der Waals surface area (Å²) in [6.45, 7) is 4.59. The zero-order chi connectivity index (χ0) is 54.1. The van der Waals surface area contributed by atoms with Crippen LogP contribution in [0.2, 0.25) is 0 Å². The molecule has 9 rings (SSSR count). The summed E-state index contributed by atoms with van der Waals surface area (Å²) in [5, 5.41) is 13.2. The predicted octanol–water partition coefficient (Wildman–Crippen LogP) is 11.6. The van der Waals surface area contributed by atoms with Crippen molar-refractivity contribution in [3.63, 3.8) is 0 Å². The number of carbonyl (C=O) groups excluding carboxylic acids is 2. The third-order valence-corrected chi connectivity index (χ3v) is 17.5. The summed E-state index contributed by atoms with van der Waals surface area (Å²) in [7, 11) is -2.65. The molecule has 13 nitrogen and oxygen atoms in total. The summed E-state index contributed by atoms with van der Waals surface area (Å²) in [6.07, 6.45) is 9.59. The van der Waals surface area contributed by atoms with E-state index in [0.717, 1.165) is 74.5 Å². The van der Waals surface area contributed by atoms with Gasteiger partial charge in [-0.15, -0.1) is 11.8 Å². The first kappa shape index (κ1) is 54.6. The Balaban J connectivity index is 0.974. The predicted molar refractivity (Wildman–Crippen MR) is 301 cm³/mol. The summed E-state index contributed by atoms with van der Waals surface area (Å²) in [5.41, 5.74) is 6.53. The van der Waals surface area contributed by atoms with Gasteiger partial charge >= 0.3 is 5.97 Å². The van der Waals surface area contributed by atoms with E-state index in [9.17, 15) is 24.3 Å². The number of nitrogens with zero attached hydrogens (tertiary/aromatic N) is 2. The Morgan fingerprint density at radius 2 is 1.40 bits per heavy atom. The number of ether oxygens (including phenoxy) is 2. The van der Waals surface area contributed by atoms with E-state index in [1.807, 2.05) is 84.9 Å². The van der Waals surface area contributed by atoms with Crippen molar-refractivity contribution in [2.24, 2.45) is 0 Å². The highest BCUT2D eigenvalue weighted by molar-refractivity contribution is 8.00. The molecule has 3 heterocycles. The number of carboxylic acid groups (broad SMARTS) is 1. The van der Waals surface area contributed by atoms with Gasteiger partial charge in [0.2, 0.25) is 15.9 Å². The van der Waals surface area contributed by atoms with Gasteiger partial charge in [0.05, 0.1) is 11.3 Å². The molecule has 400 valence electrons. The van der Waals surface area contributed by atoms with Gasteiger partial charge in [-0.1, -0.05) is 143 Å². The van der Waals surface area contributed by atoms with Crippen molar-refractivity contribution in [3.05, 3.63) is 183 Å². The van der Waals surface area contributed by atoms with E-state index in [2.05, 4.69) is 25.2 Å². The molecule has 0 radical (unpaired) electrons. The number of hydrogen-bond acceptors (Lipinski definition) is 10. The Labute approximate surface area is 454 Å². The second-order valence-corrected chi connectivity index (χ2v) is 23.0. The van der Waals surface area contributed by atoms with Crippen LogP contribution in [0.25, 0.3) is 33.4 Å². The van der Waals surface area contributed by atoms with Crippen molar-refractivity contribution in [2.75, 3.05) is 19.4 Å². The summed E-state index contributed by atoms with van der Waals surface area (Å²) in [4.78, 5) is 53.7. The molecule has 2 atom stereocenters. The quantitative estimate of drug-likeness (QED) is 0.0317. The Morgan fingerprint density at radius 1 is 0.740 bits per heavy atom. The number of carboxylic acids is 1. The molecule has 0 unspecified atom stereocenters. The fourth-order valence-corrected chi connectivity index (χ4v) is 12.8. The van der Waals surface area contributed by atoms with Crippen LogP contribution in [0.3, 0.4) is 0 Å². The van der Waals surface area contributed by atoms with Gasteiger partial charge in [0.25, 0.3) is 5.91 Å². The maximum Gasteiger partial charge on any atom is 0.352 e. The lowest BCUT2D eigenvalue weighted by Crippen LogP contribution is -2.70. The highest BCUT2D eigenvalue weighted by Crippen LogP contribution is 2.45. The Hall–Kier alpha value is -7.20. The molecule has 15 heteroatoms. The molecule has 0 saturated carbocycles. The number of aryl methyl sites for hydroxylation is 2. The molecule has 2 N–H and O–H groups in total. The van der Waals surface area contributed by atoms with Crippen LogP contribution in [0.4, 0.5) is 0 Å². The van der Waals surface area contributed by atoms with E-state index in [1.54, 1.807) is 43.4 Å². The smallest absolute Gasteiger partial charge is 0.352 e. The van der Waals surface area contributed by atoms with E-state index < -0.39 is 33.3 Å². The zero-order valence-corrected chi connectivity index (χ0v) is 45.4. The number of nitrogens with one attached hydrogen (secondary N) is 1. The average molecular weight is 1080 g/mol. The van der Waals surface area contributed by atoms with Crippen molar-refractivity contribution in [1.29, 1.82) is 0 Å². The molecule has 4 aliphatic rings. The molecule has 5 aromatic carbocycles. The molecule has 0 spiro atoms. The first-order chi connectivity index (χ1) is 37.3. The van der Waals surface area contributed by atoms with Gasteiger partial charge in [-0.05, 0) is 78.3 Å². The van der Waals surface area contributed by atoms with E-state index in [0.29, 0.717) is 74.6 Å². The average Bonchev–Trinajstić information content (AvgIpc) is 3.54. The summed E-state index contributed by atoms with van der Waals surface area (Å²) in [5.74, 6) is -0.353. The van der Waals surface area contributed by atoms with Gasteiger partial charge < -0.3 is 24.3 Å². The topological polar surface area (TPSA) is 173 Å². The van der Waals surface area contributed by atoms with Gasteiger partial charge in [0.1, 0.15) is 53.2 Å². The summed E-state index contributed by atoms with van der Waals surface area (Å²) in [6, 6.07) is 39.6. The summed E-state index contributed by atoms with van der Waals surface area (Å²) >= 11 is 1.36. The van der Waals surface area contributed by atoms with Crippen LogP contribution in [-0.4, -0.2) is 71.3 Å². The number of carbonyl (C=O) groups is 3. The lowest BCUT2D eigenvalue weighted by Gasteiger charge is -2.49. The molecule has 1 fully saturated rings. The van der Waals surface area contributed by atoms with Crippen LogP contribution in [0.5, 0.6) is 11.5 Å². The number of hydrogen-bond donors (Lipinski definition) is 2. The molecule has 1 saturated heterocycles. The summed E-state index contributed by atoms with van der Waals surface area (Å²) < 4.78 is 50.6. The minimum atomic E-state index is -4.19. The van der Waals surface area contributed by atoms with Crippen molar-refractivity contribution in [3.8, 4) is 33.9 Å². The largest absolute Gasteiger partial charge is 0.489 e. The molecule has 2 amide bonds. The van der Waals surface area contributed by atoms with Crippen LogP contribution in [0.1, 0.15) is 93.0 Å². The Bertz CT molecular complexity index is 3420. The second kappa shape index (κ2) is 24.9. The number of fused-ring (bicyclic) bond motifs is 3. The minimum absolute atomic E-state index is 0.0144. The normalized spacial score (nSPS) is 15.4. The molecular formula is C62H65N3O10S2. The monoisotopic (exact) mass is 1080 g/mol. The number of aliphatic carboxylic acids is 1. The van der Waals surface area contributed by atoms with Crippen LogP contribution >= 0.6 is 11.8 Å². The van der Waals surface area contributed by atoms with Crippen LogP contribution < -0.4 is 20.2 Å². The number of thioether (sulfide) groups is 1. The van der Waals surface area contributed by atoms with E-state index in [1.165, 1.54) is 27.0 Å². The van der Waals surface area contributed by atoms with Gasteiger partial charge in [0, 0.05) is 64.7 Å². The van der Waals surface area contributed by atoms with E-state index in [4.69, 9.17) is 13.9 Å². The minimum Gasteiger partial charge on any atom is -0.489 e. The fourth-order valence-electron chi connectivity index (χ4n) is 10.1. The SMILES string of the molecule is CCCCCCc1cc2c(-c3ccccc3S(=O)(=O)N(C)Cc3ccc(OCC4=C(C(=O)O)N5C(=O)[C@@H](NC(=O)Cc6ccccc6)[C@H]5SC4)cc3)c3cc(CCCCCC)c(=O)cc-3oc2cc1OCc1ccccc1. The third-order valence-electron chi connectivity index (χ3n) is 14.3. The molecular weight excluding hydrogens is 1010 g/mol. The van der Waals surface area contributed by atoms with Crippen molar-refractivity contribution < 1.29 is 41.8 Å². The number of β-lactam (4-membered cyclic amide) rings is 1. The zero-order valence-electron chi connectivity index (χ0n) is 43.8. The molecule has 77 heavy (non-hydrogen) atoms. The number of amides is 2. The van der Waals surface area contributed by atoms with Gasteiger partial charge in [-0.3, -0.25) is 19.3 Å². The van der Waals surface area contributed by atoms with Gasteiger partial charge in [-0.2, -0.15) is 4.31 Å². The first-order valence-corrected chi connectivity index (χ1v) is 29.1. The second-order valence-electron chi connectivity index (χ2n) is 19.8. The molecule has 3 aliphatic heterocycles. The number of unbranched alkanes of at least 4 members (excludes halogenated alkanes) is 6. The highest BCUT2D eigenvalue weighted by atomic mass is 32.2. The van der Waals surface area contributed by atoms with Crippen LogP contribution in [-0.2, 0) is 56.8 Å². The lowest BCUT2D eigenvalue weighted by molar-refractivity contribution is -0.150. The third kappa shape index (κ3) is 12.5. The van der Waals surface area contributed by atoms with E-state index in [-0.39, 0.29) is 47.3 Å². The fraction of sp³-hybridized carbons (Fsp3) is 0.323. The van der Waals surface area contributed by atoms with Crippen LogP contribution in [0.15, 0.2) is 159 Å². The Kier molecular flexibility index (Phi) is 17.6. The van der Waals surface area contributed by atoms with Crippen molar-refractivity contribution in [2.45, 2.75) is 114 Å². The highest BCUT2D eigenvalue weighted by Gasteiger charge is 2.54. The molecule has 0 aromatic heterocycles. The maximum absolute atomic E-state index is 15.0. The first-order valence-electron chi connectivity index (χ1n) is 26.6. The number of sulfonamides is 1. The number of rotatable bonds is 25.